The molecule has 6 nitrogen and oxygen atoms in total. The molecule has 0 aromatic heterocycles. The van der Waals surface area contributed by atoms with Crippen LogP contribution in [0.5, 0.6) is 0 Å². The Hall–Kier alpha value is -3.40. The molecule has 26 heavy (non-hydrogen) atoms. The van der Waals surface area contributed by atoms with Crippen molar-refractivity contribution in [1.82, 2.24) is 10.2 Å². The third-order valence-electron chi connectivity index (χ3n) is 4.10. The number of rotatable bonds is 4. The van der Waals surface area contributed by atoms with Crippen molar-refractivity contribution in [3.63, 3.8) is 0 Å². The van der Waals surface area contributed by atoms with Crippen LogP contribution in [0.15, 0.2) is 42.5 Å². The predicted molar refractivity (Wildman–Crippen MR) is 93.7 cm³/mol. The van der Waals surface area contributed by atoms with Gasteiger partial charge in [0.05, 0.1) is 12.5 Å². The fraction of sp³-hybridized carbons (Fsp3) is 0.211. The Labute approximate surface area is 150 Å². The molecular weight excluding hydrogens is 335 g/mol. The van der Waals surface area contributed by atoms with Crippen molar-refractivity contribution in [3.05, 3.63) is 65.0 Å². The van der Waals surface area contributed by atoms with Crippen LogP contribution in [0.4, 0.5) is 14.9 Å². The molecule has 0 fully saturated rings. The zero-order chi connectivity index (χ0) is 18.5. The average molecular weight is 352 g/mol. The fourth-order valence-electron chi connectivity index (χ4n) is 2.75. The molecule has 0 spiro atoms. The topological polar surface area (TPSA) is 85.2 Å². The van der Waals surface area contributed by atoms with Gasteiger partial charge in [0.1, 0.15) is 5.82 Å². The number of nitrogens with zero attached hydrogens (tertiary/aromatic N) is 2. The number of amides is 3. The van der Waals surface area contributed by atoms with Crippen molar-refractivity contribution in [2.45, 2.75) is 19.5 Å². The second kappa shape index (κ2) is 7.66. The number of carbonyl (C=O) groups is 2. The van der Waals surface area contributed by atoms with Gasteiger partial charge in [-0.25, -0.2) is 9.18 Å². The number of carbonyl (C=O) groups excluding carboxylic acids is 2. The highest BCUT2D eigenvalue weighted by Gasteiger charge is 2.23. The quantitative estimate of drug-likeness (QED) is 0.830. The first-order chi connectivity index (χ1) is 12.6. The number of nitriles is 1. The van der Waals surface area contributed by atoms with Gasteiger partial charge in [0, 0.05) is 30.9 Å². The van der Waals surface area contributed by atoms with Crippen molar-refractivity contribution in [2.75, 3.05) is 11.9 Å². The predicted octanol–water partition coefficient (Wildman–Crippen LogP) is 3.02. The highest BCUT2D eigenvalue weighted by atomic mass is 19.1. The van der Waals surface area contributed by atoms with E-state index in [0.29, 0.717) is 30.9 Å². The molecule has 0 bridgehead atoms. The summed E-state index contributed by atoms with van der Waals surface area (Å²) in [7, 11) is 0. The van der Waals surface area contributed by atoms with Crippen LogP contribution in [0.1, 0.15) is 27.9 Å². The van der Waals surface area contributed by atoms with Crippen LogP contribution in [-0.4, -0.2) is 23.4 Å². The second-order valence-electron chi connectivity index (χ2n) is 5.94. The summed E-state index contributed by atoms with van der Waals surface area (Å²) < 4.78 is 13.3. The minimum atomic E-state index is -0.311. The maximum Gasteiger partial charge on any atom is 0.322 e. The standard InChI is InChI=1S/C19H17FN4O2/c20-16-5-2-14-11-24(12-15(14)10-16)19(26)23-17-6-3-13(4-7-17)18(25)22-9-1-8-21/h2-7,10H,1,9,11-12H2,(H,22,25)(H,23,26). The smallest absolute Gasteiger partial charge is 0.322 e. The number of fused-ring (bicyclic) bond motifs is 1. The van der Waals surface area contributed by atoms with Gasteiger partial charge in [0.25, 0.3) is 5.91 Å². The maximum atomic E-state index is 13.3. The van der Waals surface area contributed by atoms with Gasteiger partial charge in [-0.05, 0) is 47.5 Å². The Morgan fingerprint density at radius 2 is 1.85 bits per heavy atom. The molecule has 0 aliphatic carbocycles. The van der Waals surface area contributed by atoms with E-state index in [1.54, 1.807) is 35.2 Å². The van der Waals surface area contributed by atoms with Gasteiger partial charge in [-0.1, -0.05) is 6.07 Å². The minimum Gasteiger partial charge on any atom is -0.351 e. The Kier molecular flexibility index (Phi) is 5.13. The highest BCUT2D eigenvalue weighted by molar-refractivity contribution is 5.95. The summed E-state index contributed by atoms with van der Waals surface area (Å²) in [6.45, 7) is 1.09. The molecule has 1 heterocycles. The third-order valence-corrected chi connectivity index (χ3v) is 4.10. The molecule has 0 saturated heterocycles. The first kappa shape index (κ1) is 17.4. The molecule has 3 rings (SSSR count). The number of halogens is 1. The monoisotopic (exact) mass is 352 g/mol. The fourth-order valence-corrected chi connectivity index (χ4v) is 2.75. The van der Waals surface area contributed by atoms with Gasteiger partial charge in [0.2, 0.25) is 0 Å². The Morgan fingerprint density at radius 1 is 1.12 bits per heavy atom. The number of hydrogen-bond donors (Lipinski definition) is 2. The average Bonchev–Trinajstić information content (AvgIpc) is 3.05. The Bertz CT molecular complexity index is 874. The van der Waals surface area contributed by atoms with E-state index < -0.39 is 0 Å². The molecule has 0 atom stereocenters. The van der Waals surface area contributed by atoms with Crippen molar-refractivity contribution in [3.8, 4) is 6.07 Å². The number of benzene rings is 2. The summed E-state index contributed by atoms with van der Waals surface area (Å²) in [6.07, 6.45) is 0.252. The van der Waals surface area contributed by atoms with Gasteiger partial charge in [0.15, 0.2) is 0 Å². The number of nitrogens with one attached hydrogen (secondary N) is 2. The maximum absolute atomic E-state index is 13.3. The van der Waals surface area contributed by atoms with E-state index in [1.165, 1.54) is 12.1 Å². The highest BCUT2D eigenvalue weighted by Crippen LogP contribution is 2.24. The summed E-state index contributed by atoms with van der Waals surface area (Å²) in [6, 6.07) is 12.7. The van der Waals surface area contributed by atoms with Gasteiger partial charge in [-0.15, -0.1) is 0 Å². The van der Waals surface area contributed by atoms with Gasteiger partial charge in [-0.3, -0.25) is 4.79 Å². The van der Waals surface area contributed by atoms with Crippen molar-refractivity contribution in [2.24, 2.45) is 0 Å². The SMILES string of the molecule is N#CCCNC(=O)c1ccc(NC(=O)N2Cc3ccc(F)cc3C2)cc1. The number of hydrogen-bond acceptors (Lipinski definition) is 3. The Balaban J connectivity index is 1.57. The van der Waals surface area contributed by atoms with Gasteiger partial charge < -0.3 is 15.5 Å². The normalized spacial score (nSPS) is 12.2. The van der Waals surface area contributed by atoms with Gasteiger partial charge >= 0.3 is 6.03 Å². The first-order valence-corrected chi connectivity index (χ1v) is 8.15. The van der Waals surface area contributed by atoms with Crippen molar-refractivity contribution in [1.29, 1.82) is 5.26 Å². The van der Waals surface area contributed by atoms with Crippen LogP contribution in [0, 0.1) is 17.1 Å². The molecule has 0 saturated carbocycles. The summed E-state index contributed by atoms with van der Waals surface area (Å²) >= 11 is 0. The zero-order valence-electron chi connectivity index (χ0n) is 14.0. The lowest BCUT2D eigenvalue weighted by molar-refractivity contribution is 0.0954. The van der Waals surface area contributed by atoms with E-state index in [-0.39, 0.29) is 24.2 Å². The van der Waals surface area contributed by atoms with E-state index in [1.807, 2.05) is 6.07 Å². The van der Waals surface area contributed by atoms with E-state index in [4.69, 9.17) is 5.26 Å². The van der Waals surface area contributed by atoms with E-state index in [2.05, 4.69) is 10.6 Å². The first-order valence-electron chi connectivity index (χ1n) is 8.15. The summed E-state index contributed by atoms with van der Waals surface area (Å²) in [4.78, 5) is 25.8. The zero-order valence-corrected chi connectivity index (χ0v) is 14.0. The molecule has 0 radical (unpaired) electrons. The third kappa shape index (κ3) is 3.98. The van der Waals surface area contributed by atoms with Crippen LogP contribution in [0.2, 0.25) is 0 Å². The van der Waals surface area contributed by atoms with Gasteiger partial charge in [-0.2, -0.15) is 5.26 Å². The molecular formula is C19H17FN4O2. The van der Waals surface area contributed by atoms with E-state index in [0.717, 1.165) is 11.1 Å². The van der Waals surface area contributed by atoms with Crippen molar-refractivity contribution >= 4 is 17.6 Å². The molecule has 1 aliphatic rings. The molecule has 2 aromatic carbocycles. The van der Waals surface area contributed by atoms with E-state index >= 15 is 0 Å². The number of anilines is 1. The van der Waals surface area contributed by atoms with Crippen LogP contribution < -0.4 is 10.6 Å². The Morgan fingerprint density at radius 3 is 2.58 bits per heavy atom. The largest absolute Gasteiger partial charge is 0.351 e. The molecule has 2 aromatic rings. The van der Waals surface area contributed by atoms with Crippen molar-refractivity contribution < 1.29 is 14.0 Å². The lowest BCUT2D eigenvalue weighted by atomic mass is 10.1. The molecule has 1 aliphatic heterocycles. The molecule has 132 valence electrons. The molecule has 0 unspecified atom stereocenters. The minimum absolute atomic E-state index is 0.252. The summed E-state index contributed by atoms with van der Waals surface area (Å²) in [5.74, 6) is -0.579. The van der Waals surface area contributed by atoms with Crippen LogP contribution in [0.25, 0.3) is 0 Å². The summed E-state index contributed by atoms with van der Waals surface area (Å²) in [5, 5.41) is 13.9. The lowest BCUT2D eigenvalue weighted by Crippen LogP contribution is -2.30. The molecule has 2 N–H and O–H groups in total. The molecule has 7 heteroatoms. The van der Waals surface area contributed by atoms with E-state index in [9.17, 15) is 14.0 Å². The summed E-state index contributed by atoms with van der Waals surface area (Å²) in [5.41, 5.74) is 2.76. The van der Waals surface area contributed by atoms with Crippen LogP contribution in [0.3, 0.4) is 0 Å². The van der Waals surface area contributed by atoms with Crippen LogP contribution >= 0.6 is 0 Å². The number of urea groups is 1. The van der Waals surface area contributed by atoms with Crippen LogP contribution in [-0.2, 0) is 13.1 Å². The lowest BCUT2D eigenvalue weighted by Gasteiger charge is -2.16. The molecule has 3 amide bonds. The second-order valence-corrected chi connectivity index (χ2v) is 5.94.